The Labute approximate surface area is 272 Å². The van der Waals surface area contributed by atoms with E-state index in [1.54, 1.807) is 34.1 Å². The lowest BCUT2D eigenvalue weighted by molar-refractivity contribution is -0.126. The number of rotatable bonds is 16. The molecule has 1 atom stereocenters. The summed E-state index contributed by atoms with van der Waals surface area (Å²) in [5.74, 6) is -0.881. The smallest absolute Gasteiger partial charge is 0.329 e. The highest BCUT2D eigenvalue weighted by atomic mass is 35.5. The fourth-order valence-electron chi connectivity index (χ4n) is 5.31. The molecule has 0 saturated carbocycles. The molecule has 1 unspecified atom stereocenters. The monoisotopic (exact) mass is 641 g/mol. The summed E-state index contributed by atoms with van der Waals surface area (Å²) in [6.07, 6.45) is 6.01. The number of halogens is 1. The van der Waals surface area contributed by atoms with E-state index in [0.717, 1.165) is 38.5 Å². The highest BCUT2D eigenvalue weighted by Gasteiger charge is 2.40. The fraction of sp³-hybridized carbons (Fsp3) is 0.515. The number of hydrogen-bond donors (Lipinski definition) is 3. The van der Waals surface area contributed by atoms with Gasteiger partial charge in [0.2, 0.25) is 11.8 Å². The van der Waals surface area contributed by atoms with Gasteiger partial charge in [0.1, 0.15) is 6.04 Å². The van der Waals surface area contributed by atoms with Gasteiger partial charge in [-0.25, -0.2) is 9.59 Å². The number of nitrogens with zero attached hydrogens (tertiary/aromatic N) is 4. The molecule has 0 radical (unpaired) electrons. The topological polar surface area (TPSA) is 131 Å². The first kappa shape index (κ1) is 35.6. The summed E-state index contributed by atoms with van der Waals surface area (Å²) < 4.78 is 0. The molecule has 0 spiro atoms. The molecule has 0 bridgehead atoms. The first-order valence-electron chi connectivity index (χ1n) is 16.0. The van der Waals surface area contributed by atoms with Gasteiger partial charge in [-0.1, -0.05) is 75.4 Å². The largest absolute Gasteiger partial charge is 0.369 e. The van der Waals surface area contributed by atoms with Crippen LogP contribution in [0.25, 0.3) is 0 Å². The lowest BCUT2D eigenvalue weighted by Crippen LogP contribution is -2.64. The van der Waals surface area contributed by atoms with Gasteiger partial charge in [-0.05, 0) is 43.2 Å². The second-order valence-corrected chi connectivity index (χ2v) is 11.6. The van der Waals surface area contributed by atoms with Gasteiger partial charge in [-0.2, -0.15) is 0 Å². The third kappa shape index (κ3) is 10.9. The van der Waals surface area contributed by atoms with E-state index >= 15 is 0 Å². The first-order chi connectivity index (χ1) is 21.8. The number of piperazine rings is 1. The van der Waals surface area contributed by atoms with Gasteiger partial charge in [-0.15, -0.1) is 0 Å². The molecule has 2 aromatic carbocycles. The maximum Gasteiger partial charge on any atom is 0.329 e. The maximum absolute atomic E-state index is 14.4. The summed E-state index contributed by atoms with van der Waals surface area (Å²) in [6, 6.07) is 14.7. The molecule has 1 aliphatic heterocycles. The van der Waals surface area contributed by atoms with Gasteiger partial charge >= 0.3 is 12.1 Å². The number of unbranched alkanes of at least 4 members (excludes halogenated alkanes) is 4. The van der Waals surface area contributed by atoms with Crippen LogP contribution in [0.5, 0.6) is 0 Å². The van der Waals surface area contributed by atoms with Crippen molar-refractivity contribution in [3.05, 3.63) is 59.6 Å². The normalized spacial score (nSPS) is 14.6. The average molecular weight is 642 g/mol. The van der Waals surface area contributed by atoms with Crippen molar-refractivity contribution in [3.8, 4) is 0 Å². The molecule has 11 nitrogen and oxygen atoms in total. The number of nitrogens with one attached hydrogen (secondary N) is 2. The first-order valence-corrected chi connectivity index (χ1v) is 16.4. The van der Waals surface area contributed by atoms with Gasteiger partial charge in [0.25, 0.3) is 0 Å². The highest BCUT2D eigenvalue weighted by Crippen LogP contribution is 2.30. The number of amides is 6. The maximum atomic E-state index is 14.4. The fourth-order valence-corrected chi connectivity index (χ4v) is 5.50. The number of urea groups is 2. The molecule has 1 aliphatic rings. The third-order valence-corrected chi connectivity index (χ3v) is 7.94. The standard InChI is InChI=1S/C33H48ClN7O4/c1-3-5-10-19-38(20-11-6-4-2)32(44)39-21-22-40(29(25-39)31(43)37-18-17-36-24-30(35)42)33(45)41(27-14-8-7-9-15-27)28-16-12-13-26(34)23-28/h7-9,12-16,23,29,36H,3-6,10-11,17-22,24-25H2,1-2H3,(H2,35,42)(H,37,43). The second-order valence-electron chi connectivity index (χ2n) is 11.2. The second kappa shape index (κ2) is 18.9. The Hall–Kier alpha value is -3.83. The Bertz CT molecular complexity index is 1240. The molecule has 0 aliphatic carbocycles. The summed E-state index contributed by atoms with van der Waals surface area (Å²) in [5, 5.41) is 6.22. The van der Waals surface area contributed by atoms with Crippen molar-refractivity contribution in [1.29, 1.82) is 0 Å². The summed E-state index contributed by atoms with van der Waals surface area (Å²) in [6.45, 7) is 6.64. The van der Waals surface area contributed by atoms with Crippen LogP contribution in [0.2, 0.25) is 5.02 Å². The van der Waals surface area contributed by atoms with Crippen LogP contribution in [0.15, 0.2) is 54.6 Å². The number of benzene rings is 2. The number of carbonyl (C=O) groups excluding carboxylic acids is 4. The van der Waals surface area contributed by atoms with Crippen molar-refractivity contribution in [3.63, 3.8) is 0 Å². The number of carbonyl (C=O) groups is 4. The SMILES string of the molecule is CCCCCN(CCCCC)C(=O)N1CCN(C(=O)N(c2ccccc2)c2cccc(Cl)c2)C(C(=O)NCCNCC(N)=O)C1. The molecule has 12 heteroatoms. The Morgan fingerprint density at radius 2 is 1.53 bits per heavy atom. The molecule has 4 N–H and O–H groups in total. The molecular formula is C33H48ClN7O4. The molecule has 2 aromatic rings. The van der Waals surface area contributed by atoms with Crippen LogP contribution in [0, 0.1) is 0 Å². The minimum atomic E-state index is -0.940. The zero-order valence-electron chi connectivity index (χ0n) is 26.6. The van der Waals surface area contributed by atoms with Crippen LogP contribution >= 0.6 is 11.6 Å². The molecule has 1 heterocycles. The third-order valence-electron chi connectivity index (χ3n) is 7.71. The van der Waals surface area contributed by atoms with Crippen molar-refractivity contribution in [2.24, 2.45) is 5.73 Å². The Morgan fingerprint density at radius 1 is 0.867 bits per heavy atom. The lowest BCUT2D eigenvalue weighted by Gasteiger charge is -2.43. The van der Waals surface area contributed by atoms with Crippen molar-refractivity contribution < 1.29 is 19.2 Å². The van der Waals surface area contributed by atoms with Crippen LogP contribution in [0.4, 0.5) is 21.0 Å². The van der Waals surface area contributed by atoms with Gasteiger partial charge in [0.15, 0.2) is 0 Å². The number of hydrogen-bond acceptors (Lipinski definition) is 5. The minimum Gasteiger partial charge on any atom is -0.369 e. The van der Waals surface area contributed by atoms with Gasteiger partial charge in [0.05, 0.1) is 24.5 Å². The Balaban J connectivity index is 1.88. The molecule has 6 amide bonds. The van der Waals surface area contributed by atoms with Gasteiger partial charge in [-0.3, -0.25) is 14.5 Å². The quantitative estimate of drug-likeness (QED) is 0.231. The van der Waals surface area contributed by atoms with Crippen LogP contribution < -0.4 is 21.3 Å². The number of primary amides is 1. The van der Waals surface area contributed by atoms with Gasteiger partial charge in [0, 0.05) is 44.3 Å². The van der Waals surface area contributed by atoms with E-state index in [1.807, 2.05) is 35.2 Å². The van der Waals surface area contributed by atoms with E-state index in [4.69, 9.17) is 17.3 Å². The minimum absolute atomic E-state index is 0.0102. The molecule has 45 heavy (non-hydrogen) atoms. The van der Waals surface area contributed by atoms with E-state index < -0.39 is 18.0 Å². The molecule has 0 aromatic heterocycles. The summed E-state index contributed by atoms with van der Waals surface area (Å²) in [4.78, 5) is 59.7. The van der Waals surface area contributed by atoms with Crippen LogP contribution in [0.3, 0.4) is 0 Å². The molecular weight excluding hydrogens is 594 g/mol. The molecule has 3 rings (SSSR count). The van der Waals surface area contributed by atoms with Crippen molar-refractivity contribution in [1.82, 2.24) is 25.3 Å². The molecule has 1 saturated heterocycles. The van der Waals surface area contributed by atoms with Crippen molar-refractivity contribution in [2.75, 3.05) is 57.3 Å². The number of para-hydroxylation sites is 1. The van der Waals surface area contributed by atoms with Gasteiger partial charge < -0.3 is 31.1 Å². The van der Waals surface area contributed by atoms with E-state index in [-0.39, 0.29) is 38.1 Å². The number of anilines is 2. The molecule has 1 fully saturated rings. The Kier molecular flexibility index (Phi) is 14.9. The highest BCUT2D eigenvalue weighted by molar-refractivity contribution is 6.31. The van der Waals surface area contributed by atoms with Crippen LogP contribution in [-0.2, 0) is 9.59 Å². The summed E-state index contributed by atoms with van der Waals surface area (Å²) in [7, 11) is 0. The van der Waals surface area contributed by atoms with Crippen molar-refractivity contribution in [2.45, 2.75) is 58.4 Å². The summed E-state index contributed by atoms with van der Waals surface area (Å²) >= 11 is 6.32. The zero-order chi connectivity index (χ0) is 32.6. The predicted molar refractivity (Wildman–Crippen MR) is 179 cm³/mol. The number of nitrogens with two attached hydrogens (primary N) is 1. The van der Waals surface area contributed by atoms with E-state index in [0.29, 0.717) is 42.6 Å². The van der Waals surface area contributed by atoms with E-state index in [2.05, 4.69) is 24.5 Å². The van der Waals surface area contributed by atoms with Crippen molar-refractivity contribution >= 4 is 46.9 Å². The van der Waals surface area contributed by atoms with E-state index in [9.17, 15) is 19.2 Å². The zero-order valence-corrected chi connectivity index (χ0v) is 27.3. The average Bonchev–Trinajstić information content (AvgIpc) is 3.04. The molecule has 246 valence electrons. The Morgan fingerprint density at radius 3 is 2.16 bits per heavy atom. The van der Waals surface area contributed by atoms with E-state index in [1.165, 1.54) is 4.90 Å². The van der Waals surface area contributed by atoms with Crippen LogP contribution in [0.1, 0.15) is 52.4 Å². The summed E-state index contributed by atoms with van der Waals surface area (Å²) in [5.41, 5.74) is 6.38. The van der Waals surface area contributed by atoms with Crippen LogP contribution in [-0.4, -0.2) is 97.0 Å². The lowest BCUT2D eigenvalue weighted by atomic mass is 10.1. The predicted octanol–water partition coefficient (Wildman–Crippen LogP) is 4.58.